The molecule has 1 atom stereocenters. The van der Waals surface area contributed by atoms with Gasteiger partial charge in [-0.25, -0.2) is 4.98 Å². The van der Waals surface area contributed by atoms with Gasteiger partial charge >= 0.3 is 0 Å². The summed E-state index contributed by atoms with van der Waals surface area (Å²) < 4.78 is 6.90. The van der Waals surface area contributed by atoms with Crippen LogP contribution in [0.1, 0.15) is 76.7 Å². The molecule has 0 spiro atoms. The van der Waals surface area contributed by atoms with Crippen molar-refractivity contribution >= 4 is 5.91 Å². The van der Waals surface area contributed by atoms with E-state index in [1.54, 1.807) is 6.92 Å². The Morgan fingerprint density at radius 2 is 2.10 bits per heavy atom. The quantitative estimate of drug-likeness (QED) is 0.682. The Morgan fingerprint density at radius 3 is 2.79 bits per heavy atom. The second-order valence-electron chi connectivity index (χ2n) is 7.92. The van der Waals surface area contributed by atoms with Crippen LogP contribution in [0.4, 0.5) is 0 Å². The number of imidazole rings is 1. The Kier molecular flexibility index (Phi) is 3.85. The van der Waals surface area contributed by atoms with E-state index in [2.05, 4.69) is 45.2 Å². The fourth-order valence-corrected chi connectivity index (χ4v) is 4.43. The molecule has 2 bridgehead atoms. The number of benzene rings is 1. The maximum Gasteiger partial charge on any atom is 0.284 e. The van der Waals surface area contributed by atoms with Gasteiger partial charge in [-0.1, -0.05) is 23.1 Å². The van der Waals surface area contributed by atoms with E-state index in [1.165, 1.54) is 5.56 Å². The molecular weight excluding hydrogens is 366 g/mol. The molecule has 2 aromatic heterocycles. The number of carbonyl (C=O) groups excluding carboxylic acids is 1. The van der Waals surface area contributed by atoms with Crippen LogP contribution < -0.4 is 5.73 Å². The van der Waals surface area contributed by atoms with Crippen molar-refractivity contribution in [3.05, 3.63) is 52.6 Å². The van der Waals surface area contributed by atoms with Crippen molar-refractivity contribution in [3.8, 4) is 23.1 Å². The molecule has 0 aliphatic heterocycles. The molecule has 7 nitrogen and oxygen atoms in total. The number of nitrogens with two attached hydrogens (primary N) is 1. The van der Waals surface area contributed by atoms with Crippen molar-refractivity contribution in [2.75, 3.05) is 0 Å². The normalized spacial score (nSPS) is 19.8. The molecule has 1 saturated carbocycles. The van der Waals surface area contributed by atoms with Crippen LogP contribution in [0.2, 0.25) is 0 Å². The topological polar surface area (TPSA) is 99.8 Å². The van der Waals surface area contributed by atoms with Gasteiger partial charge in [-0.3, -0.25) is 4.79 Å². The van der Waals surface area contributed by atoms with Crippen molar-refractivity contribution in [2.45, 2.75) is 44.4 Å². The average molecular weight is 387 g/mol. The van der Waals surface area contributed by atoms with Gasteiger partial charge in [0.15, 0.2) is 11.6 Å². The summed E-state index contributed by atoms with van der Waals surface area (Å²) in [7, 11) is 1.88. The van der Waals surface area contributed by atoms with E-state index in [0.717, 1.165) is 35.4 Å². The summed E-state index contributed by atoms with van der Waals surface area (Å²) in [6, 6.07) is 6.28. The lowest BCUT2D eigenvalue weighted by molar-refractivity contribution is 0.0987. The molecule has 3 aromatic rings. The van der Waals surface area contributed by atoms with Crippen LogP contribution in [-0.2, 0) is 7.05 Å². The maximum absolute atomic E-state index is 11.8. The molecular formula is C22H21N5O2. The smallest absolute Gasteiger partial charge is 0.284 e. The summed E-state index contributed by atoms with van der Waals surface area (Å²) in [5.41, 5.74) is 10.8. The summed E-state index contributed by atoms with van der Waals surface area (Å²) >= 11 is 0. The Morgan fingerprint density at radius 1 is 1.31 bits per heavy atom. The highest BCUT2D eigenvalue weighted by Crippen LogP contribution is 2.55. The monoisotopic (exact) mass is 387 g/mol. The Labute approximate surface area is 168 Å². The third-order valence-corrected chi connectivity index (χ3v) is 6.00. The highest BCUT2D eigenvalue weighted by molar-refractivity contribution is 5.91. The highest BCUT2D eigenvalue weighted by atomic mass is 16.5. The molecule has 0 saturated heterocycles. The summed E-state index contributed by atoms with van der Waals surface area (Å²) in [4.78, 5) is 20.7. The van der Waals surface area contributed by atoms with Crippen LogP contribution >= 0.6 is 0 Å². The molecule has 3 aliphatic rings. The van der Waals surface area contributed by atoms with Crippen LogP contribution in [0.15, 0.2) is 22.7 Å². The van der Waals surface area contributed by atoms with E-state index in [0.29, 0.717) is 29.4 Å². The lowest BCUT2D eigenvalue weighted by atomic mass is 9.71. The molecule has 6 rings (SSSR count). The van der Waals surface area contributed by atoms with Gasteiger partial charge in [-0.15, -0.1) is 0 Å². The lowest BCUT2D eigenvalue weighted by Crippen LogP contribution is -2.23. The summed E-state index contributed by atoms with van der Waals surface area (Å²) in [5, 5.41) is 3.94. The predicted octanol–water partition coefficient (Wildman–Crippen LogP) is 3.01. The molecule has 29 heavy (non-hydrogen) atoms. The van der Waals surface area contributed by atoms with E-state index in [-0.39, 0.29) is 5.92 Å². The zero-order valence-corrected chi connectivity index (χ0v) is 16.6. The molecule has 3 aliphatic carbocycles. The van der Waals surface area contributed by atoms with Crippen LogP contribution in [-0.4, -0.2) is 25.6 Å². The second kappa shape index (κ2) is 6.31. The standard InChI is InChI=1S/C22H21N5O2/c1-11(21-24-12(2)29-26-21)4-5-13-6-7-16-14-9-15(10-14)19-18(17(16)8-13)25-22(20(23)28)27(19)3/h6-8,11,14-15H,9-10H2,1-3H3,(H2,23,28)/t11-,14?,15?/m0/s1. The summed E-state index contributed by atoms with van der Waals surface area (Å²) in [6.07, 6.45) is 2.16. The number of rotatable bonds is 2. The van der Waals surface area contributed by atoms with E-state index in [9.17, 15) is 4.79 Å². The Hall–Kier alpha value is -3.40. The van der Waals surface area contributed by atoms with Crippen molar-refractivity contribution in [2.24, 2.45) is 12.8 Å². The zero-order valence-electron chi connectivity index (χ0n) is 16.6. The van der Waals surface area contributed by atoms with Crippen molar-refractivity contribution in [3.63, 3.8) is 0 Å². The van der Waals surface area contributed by atoms with Gasteiger partial charge in [0, 0.05) is 36.7 Å². The van der Waals surface area contributed by atoms with Crippen LogP contribution in [0.5, 0.6) is 0 Å². The van der Waals surface area contributed by atoms with E-state index in [4.69, 9.17) is 10.3 Å². The van der Waals surface area contributed by atoms with E-state index < -0.39 is 5.91 Å². The van der Waals surface area contributed by atoms with Gasteiger partial charge in [0.2, 0.25) is 5.89 Å². The van der Waals surface area contributed by atoms with Crippen molar-refractivity contribution in [1.82, 2.24) is 19.7 Å². The van der Waals surface area contributed by atoms with Crippen LogP contribution in [0.3, 0.4) is 0 Å². The molecule has 2 N–H and O–H groups in total. The lowest BCUT2D eigenvalue weighted by Gasteiger charge is -2.34. The molecule has 0 unspecified atom stereocenters. The number of nitrogens with zero attached hydrogens (tertiary/aromatic N) is 4. The first-order valence-corrected chi connectivity index (χ1v) is 9.75. The average Bonchev–Trinajstić information content (AvgIpc) is 3.16. The molecule has 1 amide bonds. The van der Waals surface area contributed by atoms with Crippen LogP contribution in [0, 0.1) is 18.8 Å². The summed E-state index contributed by atoms with van der Waals surface area (Å²) in [5.74, 6) is 8.17. The molecule has 2 heterocycles. The van der Waals surface area contributed by atoms with Gasteiger partial charge in [0.1, 0.15) is 0 Å². The fraction of sp³-hybridized carbons (Fsp3) is 0.364. The first kappa shape index (κ1) is 17.7. The number of primary amides is 1. The van der Waals surface area contributed by atoms with Gasteiger partial charge in [-0.2, -0.15) is 4.98 Å². The van der Waals surface area contributed by atoms with Crippen LogP contribution in [0.25, 0.3) is 11.3 Å². The molecule has 7 heteroatoms. The van der Waals surface area contributed by atoms with Gasteiger partial charge in [0.05, 0.1) is 11.6 Å². The number of carbonyl (C=O) groups is 1. The third kappa shape index (κ3) is 2.75. The van der Waals surface area contributed by atoms with Crippen molar-refractivity contribution < 1.29 is 9.32 Å². The molecule has 1 fully saturated rings. The van der Waals surface area contributed by atoms with E-state index in [1.807, 2.05) is 18.5 Å². The number of amides is 1. The largest absolute Gasteiger partial charge is 0.363 e. The number of hydrogen-bond acceptors (Lipinski definition) is 5. The van der Waals surface area contributed by atoms with Gasteiger partial charge in [-0.05, 0) is 43.4 Å². The minimum absolute atomic E-state index is 0.133. The fourth-order valence-electron chi connectivity index (χ4n) is 4.43. The second-order valence-corrected chi connectivity index (χ2v) is 7.92. The number of aromatic nitrogens is 4. The first-order valence-electron chi connectivity index (χ1n) is 9.75. The predicted molar refractivity (Wildman–Crippen MR) is 106 cm³/mol. The number of hydrogen-bond donors (Lipinski definition) is 1. The molecule has 0 radical (unpaired) electrons. The number of aryl methyl sites for hydroxylation is 1. The zero-order chi connectivity index (χ0) is 20.3. The van der Waals surface area contributed by atoms with Gasteiger partial charge < -0.3 is 14.8 Å². The van der Waals surface area contributed by atoms with Gasteiger partial charge in [0.25, 0.3) is 5.91 Å². The molecule has 1 aromatic carbocycles. The van der Waals surface area contributed by atoms with E-state index >= 15 is 0 Å². The molecule has 146 valence electrons. The summed E-state index contributed by atoms with van der Waals surface area (Å²) in [6.45, 7) is 3.71. The minimum Gasteiger partial charge on any atom is -0.363 e. The maximum atomic E-state index is 11.8. The first-order chi connectivity index (χ1) is 13.9. The minimum atomic E-state index is -0.502. The SMILES string of the molecule is Cc1nc([C@@H](C)C#Cc2ccc3c(c2)-c2nc(C(N)=O)n(C)c2C2CC3C2)no1. The van der Waals surface area contributed by atoms with Crippen molar-refractivity contribution in [1.29, 1.82) is 0 Å². The Balaban J connectivity index is 1.57. The highest BCUT2D eigenvalue weighted by Gasteiger charge is 2.41. The Bertz CT molecular complexity index is 1200. The third-order valence-electron chi connectivity index (χ3n) is 6.00.